The number of pyridine rings is 1. The first-order valence-corrected chi connectivity index (χ1v) is 6.05. The Morgan fingerprint density at radius 3 is 2.88 bits per heavy atom. The number of aromatic nitrogens is 1. The Kier molecular flexibility index (Phi) is 3.38. The molecular weight excluding hydrogens is 238 g/mol. The van der Waals surface area contributed by atoms with Crippen molar-refractivity contribution in [2.75, 3.05) is 0 Å². The Balaban J connectivity index is 2.68. The summed E-state index contributed by atoms with van der Waals surface area (Å²) in [5.41, 5.74) is 0.690. The van der Waals surface area contributed by atoms with Gasteiger partial charge in [-0.1, -0.05) is 31.0 Å². The lowest BCUT2D eigenvalue weighted by Gasteiger charge is -2.07. The van der Waals surface area contributed by atoms with E-state index >= 15 is 0 Å². The van der Waals surface area contributed by atoms with Gasteiger partial charge >= 0.3 is 0 Å². The zero-order valence-corrected chi connectivity index (χ0v) is 10.3. The normalized spacial score (nSPS) is 10.9. The van der Waals surface area contributed by atoms with E-state index in [2.05, 4.69) is 4.98 Å². The number of benzene rings is 1. The van der Waals surface area contributed by atoms with Crippen molar-refractivity contribution in [1.82, 2.24) is 4.98 Å². The van der Waals surface area contributed by atoms with E-state index in [9.17, 15) is 9.90 Å². The SMILES string of the molecule is CCCCc1c(O)c2cccc(Cl)c2[nH]c1=O. The van der Waals surface area contributed by atoms with Crippen LogP contribution in [-0.2, 0) is 6.42 Å². The molecule has 1 heterocycles. The molecule has 0 aliphatic rings. The number of fused-ring (bicyclic) bond motifs is 1. The molecule has 2 aromatic rings. The van der Waals surface area contributed by atoms with Crippen LogP contribution in [0.1, 0.15) is 25.3 Å². The number of H-pyrrole nitrogens is 1. The number of unbranched alkanes of at least 4 members (excludes halogenated alkanes) is 1. The molecule has 0 aliphatic heterocycles. The highest BCUT2D eigenvalue weighted by Crippen LogP contribution is 2.29. The van der Waals surface area contributed by atoms with Gasteiger partial charge in [-0.2, -0.15) is 0 Å². The lowest BCUT2D eigenvalue weighted by atomic mass is 10.1. The summed E-state index contributed by atoms with van der Waals surface area (Å²) in [5, 5.41) is 11.1. The zero-order valence-electron chi connectivity index (χ0n) is 9.59. The fraction of sp³-hybridized carbons (Fsp3) is 0.308. The van der Waals surface area contributed by atoms with Crippen LogP contribution in [0.25, 0.3) is 10.9 Å². The molecule has 2 N–H and O–H groups in total. The molecule has 2 rings (SSSR count). The van der Waals surface area contributed by atoms with Crippen LogP contribution >= 0.6 is 11.6 Å². The molecule has 0 spiro atoms. The molecule has 90 valence electrons. The molecule has 0 amide bonds. The summed E-state index contributed by atoms with van der Waals surface area (Å²) < 4.78 is 0. The van der Waals surface area contributed by atoms with E-state index in [-0.39, 0.29) is 11.3 Å². The average Bonchev–Trinajstić information content (AvgIpc) is 2.31. The third-order valence-corrected chi connectivity index (χ3v) is 3.16. The van der Waals surface area contributed by atoms with Gasteiger partial charge in [0.15, 0.2) is 0 Å². The van der Waals surface area contributed by atoms with E-state index in [1.807, 2.05) is 6.92 Å². The molecule has 17 heavy (non-hydrogen) atoms. The van der Waals surface area contributed by atoms with Gasteiger partial charge in [-0.15, -0.1) is 0 Å². The third kappa shape index (κ3) is 2.15. The topological polar surface area (TPSA) is 53.1 Å². The van der Waals surface area contributed by atoms with Gasteiger partial charge in [0, 0.05) is 5.39 Å². The number of para-hydroxylation sites is 1. The summed E-state index contributed by atoms with van der Waals surface area (Å²) in [5.74, 6) is 0.0553. The predicted molar refractivity (Wildman–Crippen MR) is 69.9 cm³/mol. The van der Waals surface area contributed by atoms with E-state index in [0.29, 0.717) is 27.9 Å². The molecular formula is C13H14ClNO2. The van der Waals surface area contributed by atoms with Crippen molar-refractivity contribution in [3.8, 4) is 5.75 Å². The summed E-state index contributed by atoms with van der Waals surface area (Å²) >= 11 is 5.98. The number of rotatable bonds is 3. The van der Waals surface area contributed by atoms with Gasteiger partial charge in [0.05, 0.1) is 16.1 Å². The lowest BCUT2D eigenvalue weighted by molar-refractivity contribution is 0.471. The second-order valence-electron chi connectivity index (χ2n) is 4.05. The highest BCUT2D eigenvalue weighted by atomic mass is 35.5. The van der Waals surface area contributed by atoms with Gasteiger partial charge in [-0.25, -0.2) is 0 Å². The van der Waals surface area contributed by atoms with Crippen molar-refractivity contribution in [2.24, 2.45) is 0 Å². The molecule has 0 fully saturated rings. The first-order chi connectivity index (χ1) is 8.15. The number of hydrogen-bond donors (Lipinski definition) is 2. The van der Waals surface area contributed by atoms with Crippen molar-refractivity contribution in [2.45, 2.75) is 26.2 Å². The average molecular weight is 252 g/mol. The van der Waals surface area contributed by atoms with Gasteiger partial charge in [-0.05, 0) is 25.0 Å². The first kappa shape index (κ1) is 12.0. The molecule has 0 saturated carbocycles. The van der Waals surface area contributed by atoms with Crippen molar-refractivity contribution in [3.63, 3.8) is 0 Å². The fourth-order valence-corrected chi connectivity index (χ4v) is 2.11. The van der Waals surface area contributed by atoms with Gasteiger partial charge in [0.1, 0.15) is 5.75 Å². The zero-order chi connectivity index (χ0) is 12.4. The number of nitrogens with one attached hydrogen (secondary N) is 1. The van der Waals surface area contributed by atoms with E-state index in [4.69, 9.17) is 11.6 Å². The summed E-state index contributed by atoms with van der Waals surface area (Å²) in [6.45, 7) is 2.04. The number of aromatic amines is 1. The Morgan fingerprint density at radius 2 is 2.18 bits per heavy atom. The molecule has 3 nitrogen and oxygen atoms in total. The van der Waals surface area contributed by atoms with Crippen LogP contribution in [0.15, 0.2) is 23.0 Å². The number of aromatic hydroxyl groups is 1. The minimum Gasteiger partial charge on any atom is -0.507 e. The molecule has 0 atom stereocenters. The fourth-order valence-electron chi connectivity index (χ4n) is 1.89. The molecule has 0 bridgehead atoms. The standard InChI is InChI=1S/C13H14ClNO2/c1-2-3-5-9-12(16)8-6-4-7-10(14)11(8)15-13(9)17/h4,6-7H,2-3,5H2,1H3,(H2,15,16,17). The van der Waals surface area contributed by atoms with E-state index < -0.39 is 0 Å². The van der Waals surface area contributed by atoms with Crippen LogP contribution < -0.4 is 5.56 Å². The highest BCUT2D eigenvalue weighted by Gasteiger charge is 2.12. The molecule has 1 aromatic heterocycles. The van der Waals surface area contributed by atoms with Crippen LogP contribution in [0.3, 0.4) is 0 Å². The van der Waals surface area contributed by atoms with Crippen LogP contribution in [-0.4, -0.2) is 10.1 Å². The first-order valence-electron chi connectivity index (χ1n) is 5.67. The summed E-state index contributed by atoms with van der Waals surface area (Å²) in [4.78, 5) is 14.6. The van der Waals surface area contributed by atoms with E-state index in [1.165, 1.54) is 0 Å². The third-order valence-electron chi connectivity index (χ3n) is 2.85. The van der Waals surface area contributed by atoms with Crippen LogP contribution in [0.4, 0.5) is 0 Å². The molecule has 0 saturated heterocycles. The maximum Gasteiger partial charge on any atom is 0.255 e. The largest absolute Gasteiger partial charge is 0.507 e. The molecule has 1 aromatic carbocycles. The van der Waals surface area contributed by atoms with Gasteiger partial charge in [0.25, 0.3) is 5.56 Å². The van der Waals surface area contributed by atoms with Crippen LogP contribution in [0, 0.1) is 0 Å². The number of hydrogen-bond acceptors (Lipinski definition) is 2. The van der Waals surface area contributed by atoms with Gasteiger partial charge in [-0.3, -0.25) is 4.79 Å². The summed E-state index contributed by atoms with van der Waals surface area (Å²) in [7, 11) is 0. The lowest BCUT2D eigenvalue weighted by Crippen LogP contribution is -2.13. The highest BCUT2D eigenvalue weighted by molar-refractivity contribution is 6.35. The molecule has 4 heteroatoms. The smallest absolute Gasteiger partial charge is 0.255 e. The number of halogens is 1. The van der Waals surface area contributed by atoms with Crippen molar-refractivity contribution in [3.05, 3.63) is 39.1 Å². The predicted octanol–water partition coefficient (Wildman–Crippen LogP) is 3.23. The Morgan fingerprint density at radius 1 is 1.41 bits per heavy atom. The molecule has 0 aliphatic carbocycles. The van der Waals surface area contributed by atoms with Crippen LogP contribution in [0.5, 0.6) is 5.75 Å². The minimum absolute atomic E-state index is 0.0553. The maximum absolute atomic E-state index is 11.8. The summed E-state index contributed by atoms with van der Waals surface area (Å²) in [6.07, 6.45) is 2.44. The van der Waals surface area contributed by atoms with Crippen LogP contribution in [0.2, 0.25) is 5.02 Å². The summed E-state index contributed by atoms with van der Waals surface area (Å²) in [6, 6.07) is 5.19. The van der Waals surface area contributed by atoms with Gasteiger partial charge < -0.3 is 10.1 Å². The Hall–Kier alpha value is -1.48. The molecule has 0 radical (unpaired) electrons. The molecule has 0 unspecified atom stereocenters. The second-order valence-corrected chi connectivity index (χ2v) is 4.45. The van der Waals surface area contributed by atoms with Gasteiger partial charge in [0.2, 0.25) is 0 Å². The monoisotopic (exact) mass is 251 g/mol. The van der Waals surface area contributed by atoms with Crippen molar-refractivity contribution < 1.29 is 5.11 Å². The van der Waals surface area contributed by atoms with E-state index in [1.54, 1.807) is 18.2 Å². The van der Waals surface area contributed by atoms with E-state index in [0.717, 1.165) is 12.8 Å². The van der Waals surface area contributed by atoms with Crippen molar-refractivity contribution >= 4 is 22.5 Å². The minimum atomic E-state index is -0.253. The Bertz CT molecular complexity index is 604. The van der Waals surface area contributed by atoms with Crippen molar-refractivity contribution in [1.29, 1.82) is 0 Å². The maximum atomic E-state index is 11.8. The Labute approximate surface area is 104 Å². The quantitative estimate of drug-likeness (QED) is 0.880. The second kappa shape index (κ2) is 4.80.